The number of aliphatic hydroxyl groups excluding tert-OH is 1. The Morgan fingerprint density at radius 3 is 2.65 bits per heavy atom. The minimum absolute atomic E-state index is 0.271. The maximum atomic E-state index is 12.9. The molecule has 0 aliphatic carbocycles. The van der Waals surface area contributed by atoms with Gasteiger partial charge in [-0.15, -0.1) is 0 Å². The highest BCUT2D eigenvalue weighted by atomic mass is 16.5. The van der Waals surface area contributed by atoms with Gasteiger partial charge in [-0.25, -0.2) is 0 Å². The van der Waals surface area contributed by atoms with Gasteiger partial charge in [-0.1, -0.05) is 60.7 Å². The summed E-state index contributed by atoms with van der Waals surface area (Å²) in [5, 5.41) is 16.2. The van der Waals surface area contributed by atoms with Crippen molar-refractivity contribution < 1.29 is 24.2 Å². The number of hydrogen-bond acceptors (Lipinski definition) is 5. The van der Waals surface area contributed by atoms with Crippen molar-refractivity contribution in [1.82, 2.24) is 10.6 Å². The highest BCUT2D eigenvalue weighted by Crippen LogP contribution is 2.12. The molecule has 31 heavy (non-hydrogen) atoms. The van der Waals surface area contributed by atoms with E-state index in [-0.39, 0.29) is 18.9 Å². The van der Waals surface area contributed by atoms with Crippen LogP contribution in [0.1, 0.15) is 27.9 Å². The molecule has 0 radical (unpaired) electrons. The third-order valence-electron chi connectivity index (χ3n) is 4.94. The summed E-state index contributed by atoms with van der Waals surface area (Å²) in [6.45, 7) is 1.81. The van der Waals surface area contributed by atoms with Crippen LogP contribution in [-0.2, 0) is 27.4 Å². The van der Waals surface area contributed by atoms with Crippen LogP contribution in [-0.4, -0.2) is 48.9 Å². The maximum Gasteiger partial charge on any atom is 0.251 e. The molecule has 2 aromatic rings. The van der Waals surface area contributed by atoms with Crippen LogP contribution in [0.5, 0.6) is 0 Å². The van der Waals surface area contributed by atoms with Crippen molar-refractivity contribution in [2.45, 2.75) is 31.7 Å². The Balaban J connectivity index is 1.72. The van der Waals surface area contributed by atoms with Crippen LogP contribution in [0.2, 0.25) is 0 Å². The zero-order valence-corrected chi connectivity index (χ0v) is 17.3. The monoisotopic (exact) mass is 424 g/mol. The van der Waals surface area contributed by atoms with E-state index in [1.54, 1.807) is 24.3 Å². The zero-order chi connectivity index (χ0) is 21.9. The molecule has 2 atom stereocenters. The van der Waals surface area contributed by atoms with Gasteiger partial charge < -0.3 is 25.2 Å². The van der Waals surface area contributed by atoms with Crippen molar-refractivity contribution >= 4 is 11.8 Å². The minimum Gasteiger partial charge on any atom is -0.381 e. The van der Waals surface area contributed by atoms with Crippen LogP contribution < -0.4 is 10.6 Å². The van der Waals surface area contributed by atoms with Crippen LogP contribution in [0.15, 0.2) is 66.7 Å². The fourth-order valence-corrected chi connectivity index (χ4v) is 3.22. The van der Waals surface area contributed by atoms with E-state index >= 15 is 0 Å². The summed E-state index contributed by atoms with van der Waals surface area (Å²) in [6, 6.07) is 15.7. The van der Waals surface area contributed by atoms with E-state index in [9.17, 15) is 14.7 Å². The van der Waals surface area contributed by atoms with Crippen LogP contribution in [0, 0.1) is 0 Å². The van der Waals surface area contributed by atoms with Crippen LogP contribution in [0.25, 0.3) is 0 Å². The molecule has 7 heteroatoms. The molecule has 0 fully saturated rings. The summed E-state index contributed by atoms with van der Waals surface area (Å²) in [5.41, 5.74) is 2.10. The van der Waals surface area contributed by atoms with Crippen LogP contribution >= 0.6 is 0 Å². The van der Waals surface area contributed by atoms with E-state index in [2.05, 4.69) is 10.6 Å². The summed E-state index contributed by atoms with van der Waals surface area (Å²) >= 11 is 0. The third kappa shape index (κ3) is 7.03. The van der Waals surface area contributed by atoms with Gasteiger partial charge in [-0.2, -0.15) is 0 Å². The molecule has 3 N–H and O–H groups in total. The first-order valence-electron chi connectivity index (χ1n) is 10.3. The molecule has 0 saturated carbocycles. The lowest BCUT2D eigenvalue weighted by Crippen LogP contribution is -2.50. The molecule has 1 unspecified atom stereocenters. The van der Waals surface area contributed by atoms with E-state index < -0.39 is 18.1 Å². The Labute approximate surface area is 182 Å². The summed E-state index contributed by atoms with van der Waals surface area (Å²) in [5.74, 6) is -0.905. The predicted molar refractivity (Wildman–Crippen MR) is 116 cm³/mol. The van der Waals surface area contributed by atoms with Crippen LogP contribution in [0.3, 0.4) is 0 Å². The van der Waals surface area contributed by atoms with E-state index in [1.165, 1.54) is 0 Å². The molecule has 2 amide bonds. The summed E-state index contributed by atoms with van der Waals surface area (Å²) in [6.07, 6.45) is 2.47. The summed E-state index contributed by atoms with van der Waals surface area (Å²) < 4.78 is 11.1. The molecule has 3 rings (SSSR count). The standard InChI is InChI=1S/C24H28N2O5/c27-22(24(29)25-16-18-8-2-1-3-9-18)21-12-6-7-13-30-14-15-31-17-19-10-4-5-11-20(19)23(28)26-21/h1-11,21-22,27H,12-17H2,(H,25,29)(H,26,28)/b7-6-/t21-,22?/m0/s1. The summed E-state index contributed by atoms with van der Waals surface area (Å²) in [4.78, 5) is 25.5. The number of carbonyl (C=O) groups is 2. The van der Waals surface area contributed by atoms with Crippen molar-refractivity contribution in [2.24, 2.45) is 0 Å². The number of rotatable bonds is 4. The molecule has 0 spiro atoms. The van der Waals surface area contributed by atoms with Gasteiger partial charge in [0.25, 0.3) is 11.8 Å². The van der Waals surface area contributed by atoms with Gasteiger partial charge in [-0.3, -0.25) is 9.59 Å². The van der Waals surface area contributed by atoms with Gasteiger partial charge in [0.05, 0.1) is 32.5 Å². The van der Waals surface area contributed by atoms with Crippen molar-refractivity contribution in [3.63, 3.8) is 0 Å². The molecule has 0 bridgehead atoms. The van der Waals surface area contributed by atoms with Crippen molar-refractivity contribution in [2.75, 3.05) is 19.8 Å². The second-order valence-corrected chi connectivity index (χ2v) is 7.22. The van der Waals surface area contributed by atoms with E-state index in [4.69, 9.17) is 9.47 Å². The van der Waals surface area contributed by atoms with Gasteiger partial charge in [0.2, 0.25) is 0 Å². The Morgan fingerprint density at radius 1 is 1.06 bits per heavy atom. The zero-order valence-electron chi connectivity index (χ0n) is 17.3. The van der Waals surface area contributed by atoms with Gasteiger partial charge in [0.1, 0.15) is 0 Å². The van der Waals surface area contributed by atoms with Crippen molar-refractivity contribution in [3.8, 4) is 0 Å². The highest BCUT2D eigenvalue weighted by molar-refractivity contribution is 5.96. The third-order valence-corrected chi connectivity index (χ3v) is 4.94. The molecule has 0 saturated heterocycles. The van der Waals surface area contributed by atoms with Crippen molar-refractivity contribution in [3.05, 3.63) is 83.4 Å². The lowest BCUT2D eigenvalue weighted by Gasteiger charge is -2.23. The second kappa shape index (κ2) is 12.0. The Hall–Kier alpha value is -3.00. The molecule has 1 aliphatic heterocycles. The predicted octanol–water partition coefficient (Wildman–Crippen LogP) is 1.96. The molecule has 164 valence electrons. The average molecular weight is 424 g/mol. The largest absolute Gasteiger partial charge is 0.381 e. The first-order chi connectivity index (χ1) is 15.1. The van der Waals surface area contributed by atoms with E-state index in [1.807, 2.05) is 42.5 Å². The molecule has 7 nitrogen and oxygen atoms in total. The first-order valence-corrected chi connectivity index (χ1v) is 10.3. The number of amides is 2. The topological polar surface area (TPSA) is 96.9 Å². The smallest absolute Gasteiger partial charge is 0.251 e. The van der Waals surface area contributed by atoms with Gasteiger partial charge in [0, 0.05) is 12.1 Å². The molecular formula is C24H28N2O5. The fourth-order valence-electron chi connectivity index (χ4n) is 3.22. The molecular weight excluding hydrogens is 396 g/mol. The summed E-state index contributed by atoms with van der Waals surface area (Å²) in [7, 11) is 0. The number of carbonyl (C=O) groups excluding carboxylic acids is 2. The molecule has 2 aromatic carbocycles. The Bertz CT molecular complexity index is 885. The van der Waals surface area contributed by atoms with Crippen LogP contribution in [0.4, 0.5) is 0 Å². The first kappa shape index (κ1) is 22.7. The SMILES string of the molecule is O=C1N[C@H](C(O)C(=O)NCc2ccccc2)C/C=C\COCCOCc2ccccc21. The second-order valence-electron chi connectivity index (χ2n) is 7.22. The Kier molecular flexibility index (Phi) is 8.78. The number of ether oxygens (including phenoxy) is 2. The van der Waals surface area contributed by atoms with E-state index in [0.717, 1.165) is 11.1 Å². The lowest BCUT2D eigenvalue weighted by atomic mass is 10.0. The lowest BCUT2D eigenvalue weighted by molar-refractivity contribution is -0.130. The fraction of sp³-hybridized carbons (Fsp3) is 0.333. The number of aliphatic hydroxyl groups is 1. The number of hydrogen-bond donors (Lipinski definition) is 3. The van der Waals surface area contributed by atoms with E-state index in [0.29, 0.717) is 31.9 Å². The number of benzene rings is 2. The van der Waals surface area contributed by atoms with Crippen molar-refractivity contribution in [1.29, 1.82) is 0 Å². The number of nitrogens with one attached hydrogen (secondary N) is 2. The normalized spacial score (nSPS) is 19.9. The average Bonchev–Trinajstić information content (AvgIpc) is 2.80. The Morgan fingerprint density at radius 2 is 1.81 bits per heavy atom. The van der Waals surface area contributed by atoms with Gasteiger partial charge in [0.15, 0.2) is 6.10 Å². The molecule has 1 heterocycles. The maximum absolute atomic E-state index is 12.9. The minimum atomic E-state index is -1.41. The highest BCUT2D eigenvalue weighted by Gasteiger charge is 2.27. The molecule has 1 aliphatic rings. The quantitative estimate of drug-likeness (QED) is 0.652. The van der Waals surface area contributed by atoms with Gasteiger partial charge >= 0.3 is 0 Å². The molecule has 0 aromatic heterocycles. The van der Waals surface area contributed by atoms with Gasteiger partial charge in [-0.05, 0) is 23.6 Å². The number of fused-ring (bicyclic) bond motifs is 1.